The molecule has 0 spiro atoms. The third-order valence-electron chi connectivity index (χ3n) is 2.92. The van der Waals surface area contributed by atoms with Crippen LogP contribution in [0.15, 0.2) is 12.7 Å². The topological polar surface area (TPSA) is 26.3 Å². The van der Waals surface area contributed by atoms with Gasteiger partial charge in [0.2, 0.25) is 0 Å². The molecule has 0 unspecified atom stereocenters. The van der Waals surface area contributed by atoms with E-state index < -0.39 is 3.96 Å². The van der Waals surface area contributed by atoms with E-state index in [-0.39, 0.29) is 5.97 Å². The molecule has 0 aliphatic rings. The number of carbonyl (C=O) groups is 1. The van der Waals surface area contributed by atoms with Crippen molar-refractivity contribution in [3.8, 4) is 0 Å². The predicted molar refractivity (Wildman–Crippen MR) is 87.1 cm³/mol. The summed E-state index contributed by atoms with van der Waals surface area (Å²) in [6.07, 6.45) is 11.5. The first-order valence-electron chi connectivity index (χ1n) is 7.13. The number of esters is 1. The average molecular weight is 325 g/mol. The van der Waals surface area contributed by atoms with Gasteiger partial charge in [0, 0.05) is 16.3 Å². The lowest BCUT2D eigenvalue weighted by Gasteiger charge is -2.12. The second kappa shape index (κ2) is 11.8. The second-order valence-corrected chi connectivity index (χ2v) is 9.86. The van der Waals surface area contributed by atoms with E-state index in [9.17, 15) is 4.79 Å². The molecule has 0 aromatic carbocycles. The van der Waals surface area contributed by atoms with E-state index in [1.54, 1.807) is 0 Å². The minimum atomic E-state index is -0.428. The van der Waals surface area contributed by atoms with Gasteiger partial charge in [-0.25, -0.2) is 4.79 Å². The van der Waals surface area contributed by atoms with Crippen LogP contribution in [0.1, 0.15) is 57.8 Å². The molecule has 0 radical (unpaired) electrons. The Morgan fingerprint density at radius 1 is 1.05 bits per heavy atom. The standard InChI is InChI=1S/C14H26Cl2O2Si/c1-2-13(17)18-12-10-8-6-4-3-5-7-9-11-14(15,16)19/h2H,1,3-12H2,19H3. The molecule has 0 saturated heterocycles. The van der Waals surface area contributed by atoms with Gasteiger partial charge < -0.3 is 4.74 Å². The lowest BCUT2D eigenvalue weighted by molar-refractivity contribution is -0.137. The summed E-state index contributed by atoms with van der Waals surface area (Å²) in [5, 5.41) is 0. The maximum Gasteiger partial charge on any atom is 0.330 e. The largest absolute Gasteiger partial charge is 0.463 e. The molecule has 112 valence electrons. The summed E-state index contributed by atoms with van der Waals surface area (Å²) in [6.45, 7) is 3.86. The van der Waals surface area contributed by atoms with E-state index in [2.05, 4.69) is 6.58 Å². The van der Waals surface area contributed by atoms with E-state index in [0.717, 1.165) is 35.9 Å². The molecule has 0 aromatic heterocycles. The van der Waals surface area contributed by atoms with Gasteiger partial charge in [0.05, 0.1) is 10.6 Å². The monoisotopic (exact) mass is 324 g/mol. The molecule has 0 fully saturated rings. The van der Waals surface area contributed by atoms with Crippen molar-refractivity contribution < 1.29 is 9.53 Å². The number of alkyl halides is 2. The van der Waals surface area contributed by atoms with Crippen molar-refractivity contribution in [1.82, 2.24) is 0 Å². The van der Waals surface area contributed by atoms with Crippen LogP contribution >= 0.6 is 23.2 Å². The van der Waals surface area contributed by atoms with Gasteiger partial charge in [-0.3, -0.25) is 0 Å². The first-order chi connectivity index (χ1) is 8.95. The zero-order valence-electron chi connectivity index (χ0n) is 11.9. The highest BCUT2D eigenvalue weighted by Gasteiger charge is 2.14. The Hall–Kier alpha value is 0.00688. The van der Waals surface area contributed by atoms with Crippen LogP contribution in [0.4, 0.5) is 0 Å². The zero-order valence-corrected chi connectivity index (χ0v) is 15.4. The van der Waals surface area contributed by atoms with Gasteiger partial charge in [-0.1, -0.05) is 51.5 Å². The minimum absolute atomic E-state index is 0.325. The van der Waals surface area contributed by atoms with Gasteiger partial charge in [-0.05, 0) is 12.8 Å². The molecule has 0 saturated carbocycles. The predicted octanol–water partition coefficient (Wildman–Crippen LogP) is 3.72. The molecule has 0 rings (SSSR count). The maximum atomic E-state index is 10.8. The van der Waals surface area contributed by atoms with Crippen molar-refractivity contribution in [3.63, 3.8) is 0 Å². The summed E-state index contributed by atoms with van der Waals surface area (Å²) in [4.78, 5) is 10.8. The Labute approximate surface area is 130 Å². The zero-order chi connectivity index (χ0) is 14.6. The summed E-state index contributed by atoms with van der Waals surface area (Å²) in [6, 6.07) is 0. The van der Waals surface area contributed by atoms with Crippen LogP contribution in [0, 0.1) is 0 Å². The fourth-order valence-corrected chi connectivity index (χ4v) is 2.45. The van der Waals surface area contributed by atoms with Crippen molar-refractivity contribution in [3.05, 3.63) is 12.7 Å². The van der Waals surface area contributed by atoms with Gasteiger partial charge in [-0.15, -0.1) is 23.2 Å². The van der Waals surface area contributed by atoms with Crippen molar-refractivity contribution in [2.24, 2.45) is 0 Å². The van der Waals surface area contributed by atoms with Crippen molar-refractivity contribution in [1.29, 1.82) is 0 Å². The highest BCUT2D eigenvalue weighted by atomic mass is 35.5. The molecular formula is C14H26Cl2O2Si. The Morgan fingerprint density at radius 2 is 1.53 bits per heavy atom. The quantitative estimate of drug-likeness (QED) is 0.180. The Kier molecular flexibility index (Phi) is 11.8. The number of hydrogen-bond donors (Lipinski definition) is 0. The number of hydrogen-bond acceptors (Lipinski definition) is 2. The highest BCUT2D eigenvalue weighted by Crippen LogP contribution is 2.23. The highest BCUT2D eigenvalue weighted by molar-refractivity contribution is 6.65. The van der Waals surface area contributed by atoms with Gasteiger partial charge in [-0.2, -0.15) is 0 Å². The van der Waals surface area contributed by atoms with Crippen LogP contribution in [-0.2, 0) is 9.53 Å². The molecular weight excluding hydrogens is 299 g/mol. The molecule has 0 bridgehead atoms. The summed E-state index contributed by atoms with van der Waals surface area (Å²) in [7, 11) is 0.836. The first kappa shape index (κ1) is 19.0. The number of ether oxygens (including phenoxy) is 1. The van der Waals surface area contributed by atoms with Gasteiger partial charge in [0.15, 0.2) is 0 Å². The molecule has 0 aliphatic carbocycles. The summed E-state index contributed by atoms with van der Waals surface area (Å²) >= 11 is 11.9. The van der Waals surface area contributed by atoms with Crippen LogP contribution in [0.2, 0.25) is 0 Å². The summed E-state index contributed by atoms with van der Waals surface area (Å²) < 4.78 is 4.48. The van der Waals surface area contributed by atoms with Crippen molar-refractivity contribution in [2.45, 2.75) is 61.7 Å². The minimum Gasteiger partial charge on any atom is -0.463 e. The second-order valence-electron chi connectivity index (χ2n) is 5.02. The lowest BCUT2D eigenvalue weighted by Crippen LogP contribution is -2.11. The van der Waals surface area contributed by atoms with Crippen molar-refractivity contribution in [2.75, 3.05) is 6.61 Å². The number of carbonyl (C=O) groups excluding carboxylic acids is 1. The summed E-state index contributed by atoms with van der Waals surface area (Å²) in [5.41, 5.74) is 0. The van der Waals surface area contributed by atoms with Crippen LogP contribution in [0.5, 0.6) is 0 Å². The maximum absolute atomic E-state index is 10.8. The molecule has 5 heteroatoms. The van der Waals surface area contributed by atoms with E-state index in [1.165, 1.54) is 38.2 Å². The summed E-state index contributed by atoms with van der Waals surface area (Å²) in [5.74, 6) is -0.325. The fraction of sp³-hybridized carbons (Fsp3) is 0.786. The molecule has 0 N–H and O–H groups in total. The van der Waals surface area contributed by atoms with Crippen molar-refractivity contribution >= 4 is 39.4 Å². The fourth-order valence-electron chi connectivity index (χ4n) is 1.83. The van der Waals surface area contributed by atoms with Crippen LogP contribution in [0.3, 0.4) is 0 Å². The normalized spacial score (nSPS) is 11.5. The van der Waals surface area contributed by atoms with Gasteiger partial charge >= 0.3 is 5.97 Å². The smallest absolute Gasteiger partial charge is 0.330 e. The number of unbranched alkanes of at least 4 members (excludes halogenated alkanes) is 7. The van der Waals surface area contributed by atoms with Crippen LogP contribution in [-0.4, -0.2) is 26.8 Å². The van der Waals surface area contributed by atoms with E-state index in [0.29, 0.717) is 6.61 Å². The van der Waals surface area contributed by atoms with E-state index >= 15 is 0 Å². The molecule has 2 nitrogen and oxygen atoms in total. The molecule has 0 atom stereocenters. The lowest BCUT2D eigenvalue weighted by atomic mass is 10.1. The Bertz CT molecular complexity index is 252. The Balaban J connectivity index is 3.11. The Morgan fingerprint density at radius 3 is 2.00 bits per heavy atom. The van der Waals surface area contributed by atoms with Crippen LogP contribution in [0.25, 0.3) is 0 Å². The molecule has 0 amide bonds. The first-order valence-corrected chi connectivity index (χ1v) is 8.88. The van der Waals surface area contributed by atoms with Gasteiger partial charge in [0.25, 0.3) is 0 Å². The molecule has 19 heavy (non-hydrogen) atoms. The van der Waals surface area contributed by atoms with E-state index in [4.69, 9.17) is 27.9 Å². The molecule has 0 aromatic rings. The number of rotatable bonds is 12. The molecule has 0 aliphatic heterocycles. The SMILES string of the molecule is C=CC(=O)OCCCCCCCCCCC([SiH3])(Cl)Cl. The number of halogens is 2. The third-order valence-corrected chi connectivity index (χ3v) is 3.80. The average Bonchev–Trinajstić information content (AvgIpc) is 2.34. The van der Waals surface area contributed by atoms with E-state index in [1.807, 2.05) is 0 Å². The molecule has 0 heterocycles. The van der Waals surface area contributed by atoms with Gasteiger partial charge in [0.1, 0.15) is 0 Å². The third kappa shape index (κ3) is 16.0. The van der Waals surface area contributed by atoms with Crippen LogP contribution < -0.4 is 0 Å².